The number of likely N-dealkylation sites (tertiary alicyclic amines) is 2. The number of amides is 2. The highest BCUT2D eigenvalue weighted by molar-refractivity contribution is 5.77. The Hall–Kier alpha value is -1.84. The van der Waals surface area contributed by atoms with Gasteiger partial charge in [-0.15, -0.1) is 0 Å². The second-order valence-corrected chi connectivity index (χ2v) is 7.15. The summed E-state index contributed by atoms with van der Waals surface area (Å²) in [7, 11) is 0. The van der Waals surface area contributed by atoms with Gasteiger partial charge in [0.2, 0.25) is 11.8 Å². The summed E-state index contributed by atoms with van der Waals surface area (Å²) < 4.78 is 0. The maximum Gasteiger partial charge on any atom is 0.222 e. The molecule has 2 amide bonds. The second kappa shape index (κ2) is 7.82. The van der Waals surface area contributed by atoms with E-state index in [-0.39, 0.29) is 5.91 Å². The SMILES string of the molecule is CC(=O)N1CC[C@H]2[C@H](CCCN2C(=O)CCCc2ccccc2)C1. The molecule has 2 aliphatic heterocycles. The largest absolute Gasteiger partial charge is 0.343 e. The first-order valence-electron chi connectivity index (χ1n) is 9.24. The number of piperidine rings is 2. The summed E-state index contributed by atoms with van der Waals surface area (Å²) in [5, 5.41) is 0. The molecule has 1 aromatic carbocycles. The van der Waals surface area contributed by atoms with Gasteiger partial charge in [-0.25, -0.2) is 0 Å². The highest BCUT2D eigenvalue weighted by Crippen LogP contribution is 2.31. The van der Waals surface area contributed by atoms with Crippen molar-refractivity contribution in [1.29, 1.82) is 0 Å². The van der Waals surface area contributed by atoms with Crippen LogP contribution in [0.4, 0.5) is 0 Å². The molecule has 0 aromatic heterocycles. The number of hydrogen-bond acceptors (Lipinski definition) is 2. The monoisotopic (exact) mass is 328 g/mol. The van der Waals surface area contributed by atoms with E-state index in [9.17, 15) is 9.59 Å². The molecule has 0 spiro atoms. The van der Waals surface area contributed by atoms with Crippen molar-refractivity contribution in [3.05, 3.63) is 35.9 Å². The van der Waals surface area contributed by atoms with E-state index in [0.29, 0.717) is 24.3 Å². The predicted molar refractivity (Wildman–Crippen MR) is 94.5 cm³/mol. The molecule has 3 rings (SSSR count). The Morgan fingerprint density at radius 2 is 1.92 bits per heavy atom. The first kappa shape index (κ1) is 17.0. The van der Waals surface area contributed by atoms with Crippen LogP contribution in [0.15, 0.2) is 30.3 Å². The number of aryl methyl sites for hydroxylation is 1. The van der Waals surface area contributed by atoms with E-state index in [1.165, 1.54) is 5.56 Å². The molecule has 0 aliphatic carbocycles. The van der Waals surface area contributed by atoms with E-state index in [1.54, 1.807) is 6.92 Å². The third-order valence-corrected chi connectivity index (χ3v) is 5.53. The van der Waals surface area contributed by atoms with Gasteiger partial charge in [-0.3, -0.25) is 9.59 Å². The fourth-order valence-electron chi connectivity index (χ4n) is 4.23. The van der Waals surface area contributed by atoms with Gasteiger partial charge in [0.1, 0.15) is 0 Å². The van der Waals surface area contributed by atoms with E-state index < -0.39 is 0 Å². The molecule has 0 unspecified atom stereocenters. The molecule has 0 N–H and O–H groups in total. The molecule has 24 heavy (non-hydrogen) atoms. The van der Waals surface area contributed by atoms with Crippen molar-refractivity contribution in [2.45, 2.75) is 51.5 Å². The zero-order valence-corrected chi connectivity index (χ0v) is 14.6. The lowest BCUT2D eigenvalue weighted by Crippen LogP contribution is -2.56. The van der Waals surface area contributed by atoms with E-state index in [0.717, 1.165) is 51.7 Å². The molecular formula is C20H28N2O2. The van der Waals surface area contributed by atoms with E-state index in [1.807, 2.05) is 11.0 Å². The average Bonchev–Trinajstić information content (AvgIpc) is 2.61. The summed E-state index contributed by atoms with van der Waals surface area (Å²) in [6, 6.07) is 10.7. The van der Waals surface area contributed by atoms with Crippen LogP contribution in [-0.4, -0.2) is 47.3 Å². The van der Waals surface area contributed by atoms with Gasteiger partial charge in [0.05, 0.1) is 0 Å². The minimum atomic E-state index is 0.166. The van der Waals surface area contributed by atoms with E-state index >= 15 is 0 Å². The van der Waals surface area contributed by atoms with Crippen LogP contribution in [0.3, 0.4) is 0 Å². The van der Waals surface area contributed by atoms with Gasteiger partial charge in [0, 0.05) is 39.0 Å². The fraction of sp³-hybridized carbons (Fsp3) is 0.600. The molecule has 0 radical (unpaired) electrons. The first-order chi connectivity index (χ1) is 11.6. The number of nitrogens with zero attached hydrogens (tertiary/aromatic N) is 2. The number of hydrogen-bond donors (Lipinski definition) is 0. The summed E-state index contributed by atoms with van der Waals surface area (Å²) in [5.41, 5.74) is 1.30. The lowest BCUT2D eigenvalue weighted by Gasteiger charge is -2.47. The highest BCUT2D eigenvalue weighted by Gasteiger charge is 2.38. The zero-order chi connectivity index (χ0) is 16.9. The minimum Gasteiger partial charge on any atom is -0.343 e. The minimum absolute atomic E-state index is 0.166. The van der Waals surface area contributed by atoms with Crippen LogP contribution < -0.4 is 0 Å². The van der Waals surface area contributed by atoms with Gasteiger partial charge in [-0.05, 0) is 43.6 Å². The molecule has 2 aliphatic rings. The normalized spacial score (nSPS) is 23.7. The van der Waals surface area contributed by atoms with E-state index in [4.69, 9.17) is 0 Å². The number of benzene rings is 1. The Morgan fingerprint density at radius 1 is 1.12 bits per heavy atom. The molecule has 2 saturated heterocycles. The number of rotatable bonds is 4. The predicted octanol–water partition coefficient (Wildman–Crippen LogP) is 2.87. The van der Waals surface area contributed by atoms with Crippen molar-refractivity contribution in [3.8, 4) is 0 Å². The van der Waals surface area contributed by atoms with Gasteiger partial charge in [-0.2, -0.15) is 0 Å². The quantitative estimate of drug-likeness (QED) is 0.853. The molecule has 2 fully saturated rings. The van der Waals surface area contributed by atoms with E-state index in [2.05, 4.69) is 29.2 Å². The van der Waals surface area contributed by atoms with Gasteiger partial charge in [0.15, 0.2) is 0 Å². The smallest absolute Gasteiger partial charge is 0.222 e. The van der Waals surface area contributed by atoms with Crippen molar-refractivity contribution in [1.82, 2.24) is 9.80 Å². The maximum absolute atomic E-state index is 12.7. The molecule has 1 aromatic rings. The van der Waals surface area contributed by atoms with Gasteiger partial charge < -0.3 is 9.80 Å². The van der Waals surface area contributed by atoms with Crippen molar-refractivity contribution in [3.63, 3.8) is 0 Å². The van der Waals surface area contributed by atoms with Crippen LogP contribution in [0.1, 0.15) is 44.6 Å². The van der Waals surface area contributed by atoms with Crippen molar-refractivity contribution in [2.24, 2.45) is 5.92 Å². The van der Waals surface area contributed by atoms with Gasteiger partial charge in [-0.1, -0.05) is 30.3 Å². The zero-order valence-electron chi connectivity index (χ0n) is 14.6. The maximum atomic E-state index is 12.7. The Kier molecular flexibility index (Phi) is 5.54. The summed E-state index contributed by atoms with van der Waals surface area (Å²) in [5.74, 6) is 0.936. The standard InChI is InChI=1S/C20H28N2O2/c1-16(23)21-14-12-19-18(15-21)10-6-13-22(19)20(24)11-5-9-17-7-3-2-4-8-17/h2-4,7-8,18-19H,5-6,9-15H2,1H3/t18-,19+/m1/s1. The Balaban J connectivity index is 1.52. The van der Waals surface area contributed by atoms with Gasteiger partial charge in [0.25, 0.3) is 0 Å². The molecule has 2 heterocycles. The topological polar surface area (TPSA) is 40.6 Å². The molecule has 4 nitrogen and oxygen atoms in total. The third-order valence-electron chi connectivity index (χ3n) is 5.53. The lowest BCUT2D eigenvalue weighted by atomic mass is 9.83. The summed E-state index contributed by atoms with van der Waals surface area (Å²) in [6.45, 7) is 4.17. The number of fused-ring (bicyclic) bond motifs is 1. The van der Waals surface area contributed by atoms with Crippen LogP contribution in [-0.2, 0) is 16.0 Å². The average molecular weight is 328 g/mol. The Morgan fingerprint density at radius 3 is 2.67 bits per heavy atom. The molecule has 4 heteroatoms. The second-order valence-electron chi connectivity index (χ2n) is 7.15. The molecule has 2 atom stereocenters. The molecule has 130 valence electrons. The third kappa shape index (κ3) is 3.97. The fourth-order valence-corrected chi connectivity index (χ4v) is 4.23. The Bertz CT molecular complexity index is 572. The van der Waals surface area contributed by atoms with Crippen LogP contribution >= 0.6 is 0 Å². The summed E-state index contributed by atoms with van der Waals surface area (Å²) in [4.78, 5) is 28.4. The Labute approximate surface area is 144 Å². The van der Waals surface area contributed by atoms with Crippen LogP contribution in [0, 0.1) is 5.92 Å². The highest BCUT2D eigenvalue weighted by atomic mass is 16.2. The van der Waals surface area contributed by atoms with Gasteiger partial charge >= 0.3 is 0 Å². The molecular weight excluding hydrogens is 300 g/mol. The lowest BCUT2D eigenvalue weighted by molar-refractivity contribution is -0.141. The summed E-state index contributed by atoms with van der Waals surface area (Å²) in [6.07, 6.45) is 5.66. The number of carbonyl (C=O) groups excluding carboxylic acids is 2. The van der Waals surface area contributed by atoms with Crippen molar-refractivity contribution < 1.29 is 9.59 Å². The molecule has 0 bridgehead atoms. The van der Waals surface area contributed by atoms with Crippen LogP contribution in [0.2, 0.25) is 0 Å². The van der Waals surface area contributed by atoms with Crippen molar-refractivity contribution in [2.75, 3.05) is 19.6 Å². The van der Waals surface area contributed by atoms with Crippen molar-refractivity contribution >= 4 is 11.8 Å². The van der Waals surface area contributed by atoms with Crippen LogP contribution in [0.5, 0.6) is 0 Å². The first-order valence-corrected chi connectivity index (χ1v) is 9.24. The number of carbonyl (C=O) groups is 2. The summed E-state index contributed by atoms with van der Waals surface area (Å²) >= 11 is 0. The van der Waals surface area contributed by atoms with Crippen LogP contribution in [0.25, 0.3) is 0 Å². The molecule has 0 saturated carbocycles.